The monoisotopic (exact) mass is 521 g/mol. The molecule has 1 N–H and O–H groups in total. The topological polar surface area (TPSA) is 80.6 Å². The van der Waals surface area contributed by atoms with Crippen LogP contribution in [0.25, 0.3) is 17.0 Å². The van der Waals surface area contributed by atoms with E-state index in [1.54, 1.807) is 18.2 Å². The van der Waals surface area contributed by atoms with E-state index in [4.69, 9.17) is 4.74 Å². The molecular formula is C32H31N3O4. The number of imide groups is 2. The van der Waals surface area contributed by atoms with Crippen molar-refractivity contribution in [2.45, 2.75) is 39.7 Å². The zero-order valence-corrected chi connectivity index (χ0v) is 22.3. The summed E-state index contributed by atoms with van der Waals surface area (Å²) < 4.78 is 7.98. The van der Waals surface area contributed by atoms with Crippen LogP contribution in [-0.2, 0) is 16.1 Å². The molecule has 5 rings (SSSR count). The number of aromatic nitrogens is 1. The molecule has 1 saturated heterocycles. The largest absolute Gasteiger partial charge is 0.492 e. The highest BCUT2D eigenvalue weighted by molar-refractivity contribution is 6.39. The average Bonchev–Trinajstić information content (AvgIpc) is 3.28. The van der Waals surface area contributed by atoms with Gasteiger partial charge in [0.2, 0.25) is 0 Å². The summed E-state index contributed by atoms with van der Waals surface area (Å²) in [6, 6.07) is 22.2. The Hall–Kier alpha value is -4.65. The lowest BCUT2D eigenvalue weighted by molar-refractivity contribution is -0.122. The molecule has 0 unspecified atom stereocenters. The molecule has 3 aromatic carbocycles. The van der Waals surface area contributed by atoms with Crippen LogP contribution in [0.5, 0.6) is 5.75 Å². The van der Waals surface area contributed by atoms with Gasteiger partial charge in [-0.3, -0.25) is 14.9 Å². The van der Waals surface area contributed by atoms with Crippen molar-refractivity contribution in [1.29, 1.82) is 0 Å². The van der Waals surface area contributed by atoms with Crippen LogP contribution in [0.1, 0.15) is 42.9 Å². The van der Waals surface area contributed by atoms with Gasteiger partial charge >= 0.3 is 6.03 Å². The molecule has 4 amide bonds. The van der Waals surface area contributed by atoms with Gasteiger partial charge < -0.3 is 9.30 Å². The van der Waals surface area contributed by atoms with Crippen LogP contribution < -0.4 is 15.0 Å². The number of amides is 4. The summed E-state index contributed by atoms with van der Waals surface area (Å²) in [5.41, 5.74) is 4.23. The molecule has 39 heavy (non-hydrogen) atoms. The maximum Gasteiger partial charge on any atom is 0.335 e. The minimum Gasteiger partial charge on any atom is -0.492 e. The van der Waals surface area contributed by atoms with E-state index in [0.29, 0.717) is 30.3 Å². The number of benzene rings is 3. The number of aryl methyl sites for hydroxylation is 1. The quantitative estimate of drug-likeness (QED) is 0.221. The van der Waals surface area contributed by atoms with Gasteiger partial charge in [-0.2, -0.15) is 0 Å². The molecule has 0 aliphatic carbocycles. The van der Waals surface area contributed by atoms with Gasteiger partial charge in [-0.25, -0.2) is 9.69 Å². The first kappa shape index (κ1) is 26.0. The predicted molar refractivity (Wildman–Crippen MR) is 153 cm³/mol. The molecule has 0 spiro atoms. The lowest BCUT2D eigenvalue weighted by Crippen LogP contribution is -2.54. The predicted octanol–water partition coefficient (Wildman–Crippen LogP) is 6.21. The molecule has 1 aromatic heterocycles. The first-order valence-electron chi connectivity index (χ1n) is 13.1. The molecule has 7 nitrogen and oxygen atoms in total. The molecule has 0 radical (unpaired) electrons. The molecule has 1 aliphatic heterocycles. The molecule has 1 aliphatic rings. The van der Waals surface area contributed by atoms with Gasteiger partial charge in [0.15, 0.2) is 0 Å². The van der Waals surface area contributed by atoms with Crippen LogP contribution in [0, 0.1) is 6.92 Å². The summed E-state index contributed by atoms with van der Waals surface area (Å²) in [5.74, 6) is -0.196. The number of barbiturate groups is 1. The van der Waals surface area contributed by atoms with Crippen LogP contribution in [0.3, 0.4) is 0 Å². The summed E-state index contributed by atoms with van der Waals surface area (Å²) in [7, 11) is 0. The number of rotatable bonds is 8. The molecule has 2 heterocycles. The average molecular weight is 522 g/mol. The second-order valence-corrected chi connectivity index (χ2v) is 9.82. The Kier molecular flexibility index (Phi) is 7.32. The molecule has 198 valence electrons. The van der Waals surface area contributed by atoms with Crippen molar-refractivity contribution in [2.75, 3.05) is 11.5 Å². The molecule has 1 atom stereocenters. The van der Waals surface area contributed by atoms with Crippen molar-refractivity contribution in [3.05, 3.63) is 101 Å². The number of urea groups is 1. The summed E-state index contributed by atoms with van der Waals surface area (Å²) >= 11 is 0. The van der Waals surface area contributed by atoms with E-state index in [0.717, 1.165) is 39.1 Å². The Morgan fingerprint density at radius 1 is 0.974 bits per heavy atom. The highest BCUT2D eigenvalue weighted by Gasteiger charge is 2.37. The van der Waals surface area contributed by atoms with E-state index >= 15 is 0 Å². The molecule has 4 aromatic rings. The van der Waals surface area contributed by atoms with E-state index in [2.05, 4.69) is 19.2 Å². The second-order valence-electron chi connectivity index (χ2n) is 9.82. The zero-order valence-electron chi connectivity index (χ0n) is 22.3. The fourth-order valence-corrected chi connectivity index (χ4v) is 4.78. The number of nitrogens with zero attached hydrogens (tertiary/aromatic N) is 2. The molecule has 7 heteroatoms. The maximum absolute atomic E-state index is 13.5. The summed E-state index contributed by atoms with van der Waals surface area (Å²) in [5, 5.41) is 3.21. The Morgan fingerprint density at radius 2 is 1.74 bits per heavy atom. The van der Waals surface area contributed by atoms with Crippen molar-refractivity contribution in [3.8, 4) is 5.75 Å². The number of nitrogens with one attached hydrogen (secondary N) is 1. The van der Waals surface area contributed by atoms with Gasteiger partial charge in [-0.1, -0.05) is 56.3 Å². The number of carbonyl (C=O) groups is 3. The standard InChI is InChI=1S/C32H31N3O4/c1-4-22(3)23-12-14-25(15-13-23)35-31(37)28(30(36)33-32(35)38)19-24-20-34(29-11-6-5-10-27(24)29)16-17-39-26-9-7-8-21(2)18-26/h5-15,18-20,22H,4,16-17H2,1-3H3,(H,33,36,38)/b28-19-/t22-/m1/s1. The minimum atomic E-state index is -0.755. The normalized spacial score (nSPS) is 15.6. The van der Waals surface area contributed by atoms with E-state index in [-0.39, 0.29) is 5.57 Å². The van der Waals surface area contributed by atoms with Gasteiger partial charge in [0.05, 0.1) is 12.2 Å². The third-order valence-corrected chi connectivity index (χ3v) is 7.14. The molecule has 0 saturated carbocycles. The number of para-hydroxylation sites is 1. The van der Waals surface area contributed by atoms with Crippen LogP contribution in [0.2, 0.25) is 0 Å². The number of anilines is 1. The number of hydrogen-bond donors (Lipinski definition) is 1. The van der Waals surface area contributed by atoms with Crippen LogP contribution in [0.15, 0.2) is 84.6 Å². The lowest BCUT2D eigenvalue weighted by Gasteiger charge is -2.26. The van der Waals surface area contributed by atoms with E-state index in [1.165, 1.54) is 0 Å². The minimum absolute atomic E-state index is 0.0977. The third kappa shape index (κ3) is 5.34. The van der Waals surface area contributed by atoms with Crippen LogP contribution in [-0.4, -0.2) is 29.0 Å². The van der Waals surface area contributed by atoms with Crippen molar-refractivity contribution < 1.29 is 19.1 Å². The SMILES string of the molecule is CC[C@@H](C)c1ccc(N2C(=O)NC(=O)/C(=C/c3cn(CCOc4cccc(C)c4)c4ccccc34)C2=O)cc1. The Labute approximate surface area is 227 Å². The maximum atomic E-state index is 13.5. The Morgan fingerprint density at radius 3 is 2.49 bits per heavy atom. The van der Waals surface area contributed by atoms with Gasteiger partial charge in [0.1, 0.15) is 17.9 Å². The van der Waals surface area contributed by atoms with Crippen molar-refractivity contribution in [1.82, 2.24) is 9.88 Å². The van der Waals surface area contributed by atoms with Crippen LogP contribution in [0.4, 0.5) is 10.5 Å². The van der Waals surface area contributed by atoms with Crippen molar-refractivity contribution >= 4 is 40.5 Å². The highest BCUT2D eigenvalue weighted by Crippen LogP contribution is 2.28. The highest BCUT2D eigenvalue weighted by atomic mass is 16.5. The number of hydrogen-bond acceptors (Lipinski definition) is 4. The Balaban J connectivity index is 1.43. The van der Waals surface area contributed by atoms with Gasteiger partial charge in [-0.05, 0) is 66.8 Å². The second kappa shape index (κ2) is 11.0. The number of fused-ring (bicyclic) bond motifs is 1. The van der Waals surface area contributed by atoms with E-state index < -0.39 is 17.8 Å². The molecule has 1 fully saturated rings. The summed E-state index contributed by atoms with van der Waals surface area (Å²) in [4.78, 5) is 40.0. The first-order chi connectivity index (χ1) is 18.9. The molecular weight excluding hydrogens is 490 g/mol. The fraction of sp³-hybridized carbons (Fsp3) is 0.219. The summed E-state index contributed by atoms with van der Waals surface area (Å²) in [6.45, 7) is 7.28. The van der Waals surface area contributed by atoms with Crippen molar-refractivity contribution in [3.63, 3.8) is 0 Å². The smallest absolute Gasteiger partial charge is 0.335 e. The van der Waals surface area contributed by atoms with E-state index in [9.17, 15) is 14.4 Å². The Bertz CT molecular complexity index is 1580. The fourth-order valence-electron chi connectivity index (χ4n) is 4.78. The number of carbonyl (C=O) groups excluding carboxylic acids is 3. The summed E-state index contributed by atoms with van der Waals surface area (Å²) in [6.07, 6.45) is 4.44. The van der Waals surface area contributed by atoms with Gasteiger partial charge in [-0.15, -0.1) is 0 Å². The van der Waals surface area contributed by atoms with Crippen molar-refractivity contribution in [2.24, 2.45) is 0 Å². The third-order valence-electron chi connectivity index (χ3n) is 7.14. The van der Waals surface area contributed by atoms with Gasteiger partial charge in [0, 0.05) is 22.7 Å². The first-order valence-corrected chi connectivity index (χ1v) is 13.1. The number of ether oxygens (including phenoxy) is 1. The van der Waals surface area contributed by atoms with E-state index in [1.807, 2.05) is 78.4 Å². The van der Waals surface area contributed by atoms with Crippen LogP contribution >= 0.6 is 0 Å². The van der Waals surface area contributed by atoms with Gasteiger partial charge in [0.25, 0.3) is 11.8 Å². The lowest BCUT2D eigenvalue weighted by atomic mass is 9.98. The zero-order chi connectivity index (χ0) is 27.5. The molecule has 0 bridgehead atoms.